The van der Waals surface area contributed by atoms with E-state index in [9.17, 15) is 0 Å². The van der Waals surface area contributed by atoms with Gasteiger partial charge in [0, 0.05) is 16.7 Å². The van der Waals surface area contributed by atoms with Gasteiger partial charge < -0.3 is 0 Å². The predicted octanol–water partition coefficient (Wildman–Crippen LogP) is 14.1. The third-order valence-electron chi connectivity index (χ3n) is 11.0. The van der Waals surface area contributed by atoms with Gasteiger partial charge in [-0.1, -0.05) is 170 Å². The number of aromatic nitrogens is 2. The molecule has 11 aromatic rings. The minimum atomic E-state index is 0.709. The van der Waals surface area contributed by atoms with Crippen LogP contribution in [0.3, 0.4) is 0 Å². The van der Waals surface area contributed by atoms with Crippen LogP contribution in [0.15, 0.2) is 194 Å². The molecule has 1 aromatic heterocycles. The van der Waals surface area contributed by atoms with Crippen molar-refractivity contribution in [1.29, 1.82) is 0 Å². The second kappa shape index (κ2) is 12.2. The van der Waals surface area contributed by atoms with E-state index < -0.39 is 0 Å². The van der Waals surface area contributed by atoms with Gasteiger partial charge in [-0.25, -0.2) is 9.97 Å². The molecule has 0 aliphatic carbocycles. The average Bonchev–Trinajstić information content (AvgIpc) is 3.25. The summed E-state index contributed by atoms with van der Waals surface area (Å²) in [6.07, 6.45) is 0. The highest BCUT2D eigenvalue weighted by atomic mass is 14.9. The Bertz CT molecular complexity index is 3270. The Morgan fingerprint density at radius 3 is 1.48 bits per heavy atom. The second-order valence-corrected chi connectivity index (χ2v) is 14.1. The summed E-state index contributed by atoms with van der Waals surface area (Å²) < 4.78 is 0. The lowest BCUT2D eigenvalue weighted by Gasteiger charge is -2.15. The SMILES string of the molecule is c1ccc(-c2nc(-c3cccc(-c4c5ccccc5cc5c4ccc4ccccc45)c3)cc(-c3ccc4c(ccc5c6ccccc6ccc45)c3)n2)cc1. The van der Waals surface area contributed by atoms with Crippen molar-refractivity contribution in [1.82, 2.24) is 9.97 Å². The summed E-state index contributed by atoms with van der Waals surface area (Å²) in [7, 11) is 0. The quantitative estimate of drug-likeness (QED) is 0.136. The molecule has 0 unspecified atom stereocenters. The highest BCUT2D eigenvalue weighted by Gasteiger charge is 2.16. The molecule has 1 heterocycles. The maximum Gasteiger partial charge on any atom is 0.160 e. The minimum Gasteiger partial charge on any atom is -0.228 e. The van der Waals surface area contributed by atoms with Gasteiger partial charge in [0.05, 0.1) is 11.4 Å². The summed E-state index contributed by atoms with van der Waals surface area (Å²) >= 11 is 0. The molecule has 0 saturated heterocycles. The van der Waals surface area contributed by atoms with Crippen molar-refractivity contribution in [2.75, 3.05) is 0 Å². The molecule has 0 amide bonds. The summed E-state index contributed by atoms with van der Waals surface area (Å²) in [5, 5.41) is 15.0. The van der Waals surface area contributed by atoms with E-state index in [4.69, 9.17) is 9.97 Å². The standard InChI is InChI=1S/C52H32N2/c1-2-13-35(14-3-1)52-53-49(32-50(54-52)39-24-25-43-37(29-39)23-27-45-41-18-7-4-11-33(41)21-26-46(43)45)38-16-10-17-40(30-38)51-44-20-9-6-15-36(44)31-48-42-19-8-5-12-34(42)22-28-47(48)51/h1-32H. The first-order valence-electron chi connectivity index (χ1n) is 18.5. The fourth-order valence-corrected chi connectivity index (χ4v) is 8.41. The highest BCUT2D eigenvalue weighted by Crippen LogP contribution is 2.41. The third-order valence-corrected chi connectivity index (χ3v) is 11.0. The van der Waals surface area contributed by atoms with E-state index in [1.54, 1.807) is 0 Å². The van der Waals surface area contributed by atoms with Crippen LogP contribution in [-0.4, -0.2) is 9.97 Å². The van der Waals surface area contributed by atoms with Crippen LogP contribution in [-0.2, 0) is 0 Å². The Hall–Kier alpha value is -7.16. The van der Waals surface area contributed by atoms with Gasteiger partial charge in [0.25, 0.3) is 0 Å². The highest BCUT2D eigenvalue weighted by molar-refractivity contribution is 6.20. The summed E-state index contributed by atoms with van der Waals surface area (Å²) in [5.41, 5.74) is 7.29. The van der Waals surface area contributed by atoms with Gasteiger partial charge in [0.2, 0.25) is 0 Å². The molecule has 10 aromatic carbocycles. The fourth-order valence-electron chi connectivity index (χ4n) is 8.41. The first-order chi connectivity index (χ1) is 26.7. The van der Waals surface area contributed by atoms with E-state index >= 15 is 0 Å². The predicted molar refractivity (Wildman–Crippen MR) is 229 cm³/mol. The average molecular weight is 685 g/mol. The monoisotopic (exact) mass is 684 g/mol. The van der Waals surface area contributed by atoms with Crippen molar-refractivity contribution < 1.29 is 0 Å². The number of nitrogens with zero attached hydrogens (tertiary/aromatic N) is 2. The van der Waals surface area contributed by atoms with Gasteiger partial charge in [0.15, 0.2) is 5.82 Å². The molecule has 250 valence electrons. The molecule has 0 N–H and O–H groups in total. The van der Waals surface area contributed by atoms with Crippen molar-refractivity contribution in [3.05, 3.63) is 194 Å². The molecule has 2 nitrogen and oxygen atoms in total. The maximum atomic E-state index is 5.22. The Balaban J connectivity index is 1.10. The normalized spacial score (nSPS) is 11.7. The largest absolute Gasteiger partial charge is 0.228 e. The van der Waals surface area contributed by atoms with Crippen molar-refractivity contribution in [3.8, 4) is 45.0 Å². The summed E-state index contributed by atoms with van der Waals surface area (Å²) in [4.78, 5) is 10.4. The van der Waals surface area contributed by atoms with Crippen LogP contribution in [0, 0.1) is 0 Å². The molecule has 0 radical (unpaired) electrons. The Morgan fingerprint density at radius 2 is 0.741 bits per heavy atom. The molecule has 0 aliphatic heterocycles. The first kappa shape index (κ1) is 30.5. The fraction of sp³-hybridized carbons (Fsp3) is 0. The van der Waals surface area contributed by atoms with E-state index in [1.165, 1.54) is 70.2 Å². The van der Waals surface area contributed by atoms with Crippen LogP contribution in [0.2, 0.25) is 0 Å². The first-order valence-corrected chi connectivity index (χ1v) is 18.5. The molecule has 11 rings (SSSR count). The Morgan fingerprint density at radius 1 is 0.241 bits per heavy atom. The van der Waals surface area contributed by atoms with Crippen LogP contribution in [0.5, 0.6) is 0 Å². The van der Waals surface area contributed by atoms with Crippen LogP contribution >= 0.6 is 0 Å². The van der Waals surface area contributed by atoms with E-state index in [2.05, 4.69) is 176 Å². The van der Waals surface area contributed by atoms with Crippen molar-refractivity contribution in [2.45, 2.75) is 0 Å². The van der Waals surface area contributed by atoms with E-state index in [0.717, 1.165) is 33.6 Å². The lowest BCUT2D eigenvalue weighted by Crippen LogP contribution is -1.96. The van der Waals surface area contributed by atoms with Crippen LogP contribution < -0.4 is 0 Å². The Kier molecular flexibility index (Phi) is 6.90. The smallest absolute Gasteiger partial charge is 0.160 e. The van der Waals surface area contributed by atoms with Gasteiger partial charge in [-0.3, -0.25) is 0 Å². The zero-order valence-corrected chi connectivity index (χ0v) is 29.4. The van der Waals surface area contributed by atoms with Crippen LogP contribution in [0.1, 0.15) is 0 Å². The Labute approximate surface area is 312 Å². The second-order valence-electron chi connectivity index (χ2n) is 14.1. The van der Waals surface area contributed by atoms with Crippen LogP contribution in [0.4, 0.5) is 0 Å². The van der Waals surface area contributed by atoms with Gasteiger partial charge in [0.1, 0.15) is 0 Å². The molecule has 0 fully saturated rings. The third kappa shape index (κ3) is 4.96. The summed E-state index contributed by atoms with van der Waals surface area (Å²) in [6.45, 7) is 0. The van der Waals surface area contributed by atoms with E-state index in [0.29, 0.717) is 5.82 Å². The molecular formula is C52H32N2. The van der Waals surface area contributed by atoms with Crippen molar-refractivity contribution in [2.24, 2.45) is 0 Å². The van der Waals surface area contributed by atoms with Gasteiger partial charge in [-0.15, -0.1) is 0 Å². The lowest BCUT2D eigenvalue weighted by molar-refractivity contribution is 1.18. The number of hydrogen-bond donors (Lipinski definition) is 0. The maximum absolute atomic E-state index is 5.22. The summed E-state index contributed by atoms with van der Waals surface area (Å²) in [5.74, 6) is 0.709. The number of benzene rings is 10. The molecule has 54 heavy (non-hydrogen) atoms. The zero-order chi connectivity index (χ0) is 35.6. The van der Waals surface area contributed by atoms with Gasteiger partial charge >= 0.3 is 0 Å². The van der Waals surface area contributed by atoms with E-state index in [1.807, 2.05) is 18.2 Å². The van der Waals surface area contributed by atoms with E-state index in [-0.39, 0.29) is 0 Å². The number of fused-ring (bicyclic) bond motifs is 9. The lowest BCUT2D eigenvalue weighted by atomic mass is 9.89. The van der Waals surface area contributed by atoms with Crippen molar-refractivity contribution >= 4 is 64.6 Å². The molecule has 0 spiro atoms. The number of rotatable bonds is 4. The number of hydrogen-bond acceptors (Lipinski definition) is 2. The molecular weight excluding hydrogens is 653 g/mol. The molecule has 0 saturated carbocycles. The zero-order valence-electron chi connectivity index (χ0n) is 29.4. The topological polar surface area (TPSA) is 25.8 Å². The van der Waals surface area contributed by atoms with Gasteiger partial charge in [-0.05, 0) is 100 Å². The minimum absolute atomic E-state index is 0.709. The van der Waals surface area contributed by atoms with Crippen molar-refractivity contribution in [3.63, 3.8) is 0 Å². The summed E-state index contributed by atoms with van der Waals surface area (Å²) in [6, 6.07) is 69.9. The molecule has 0 atom stereocenters. The molecule has 0 bridgehead atoms. The molecule has 0 aliphatic rings. The van der Waals surface area contributed by atoms with Gasteiger partial charge in [-0.2, -0.15) is 0 Å². The molecule has 2 heteroatoms. The van der Waals surface area contributed by atoms with Crippen LogP contribution in [0.25, 0.3) is 110 Å².